The number of anilines is 2. The number of thiocarbonyl (C=S) groups is 1. The van der Waals surface area contributed by atoms with Crippen LogP contribution in [0.1, 0.15) is 34.7 Å². The van der Waals surface area contributed by atoms with Crippen molar-refractivity contribution in [1.29, 1.82) is 0 Å². The van der Waals surface area contributed by atoms with Gasteiger partial charge in [-0.25, -0.2) is 0 Å². The minimum absolute atomic E-state index is 0.122. The number of methoxy groups -OCH3 is 1. The number of nitrogens with one attached hydrogen (secondary N) is 1. The highest BCUT2D eigenvalue weighted by Gasteiger charge is 2.42. The van der Waals surface area contributed by atoms with E-state index < -0.39 is 0 Å². The third-order valence-electron chi connectivity index (χ3n) is 8.78. The Bertz CT molecular complexity index is 1800. The maximum atomic E-state index is 6.11. The van der Waals surface area contributed by atoms with Crippen molar-refractivity contribution in [2.45, 2.75) is 25.9 Å². The number of hydrogen-bond acceptors (Lipinski definition) is 6. The second-order valence-electron chi connectivity index (χ2n) is 11.5. The number of aromatic nitrogens is 2. The molecule has 234 valence electrons. The Morgan fingerprint density at radius 1 is 0.804 bits per heavy atom. The van der Waals surface area contributed by atoms with Gasteiger partial charge < -0.3 is 33.9 Å². The molecule has 46 heavy (non-hydrogen) atoms. The number of benzene rings is 3. The van der Waals surface area contributed by atoms with E-state index in [-0.39, 0.29) is 12.1 Å². The second-order valence-corrected chi connectivity index (χ2v) is 11.9. The molecule has 0 bridgehead atoms. The molecule has 5 aromatic rings. The van der Waals surface area contributed by atoms with E-state index in [0.29, 0.717) is 5.11 Å². The third kappa shape index (κ3) is 5.79. The smallest absolute Gasteiger partial charge is 0.174 e. The normalized spacial score (nSPS) is 18.0. The minimum Gasteiger partial charge on any atom is -0.497 e. The number of hydrogen-bond donors (Lipinski definition) is 1. The van der Waals surface area contributed by atoms with Crippen molar-refractivity contribution in [3.63, 3.8) is 0 Å². The summed E-state index contributed by atoms with van der Waals surface area (Å²) >= 11 is 6.01. The van der Waals surface area contributed by atoms with Crippen LogP contribution in [0.2, 0.25) is 0 Å². The summed E-state index contributed by atoms with van der Waals surface area (Å²) in [6.45, 7) is 7.73. The zero-order valence-corrected chi connectivity index (χ0v) is 27.0. The van der Waals surface area contributed by atoms with E-state index in [1.165, 1.54) is 16.9 Å². The average molecular weight is 632 g/mol. The lowest BCUT2D eigenvalue weighted by atomic mass is 9.96. The van der Waals surface area contributed by atoms with Crippen molar-refractivity contribution < 1.29 is 14.2 Å². The lowest BCUT2D eigenvalue weighted by Crippen LogP contribution is -2.36. The summed E-state index contributed by atoms with van der Waals surface area (Å²) in [7, 11) is 1.65. The van der Waals surface area contributed by atoms with E-state index in [1.807, 2.05) is 54.7 Å². The van der Waals surface area contributed by atoms with E-state index >= 15 is 0 Å². The van der Waals surface area contributed by atoms with E-state index in [2.05, 4.69) is 82.1 Å². The first kappa shape index (κ1) is 29.8. The van der Waals surface area contributed by atoms with Gasteiger partial charge in [-0.05, 0) is 123 Å². The second kappa shape index (κ2) is 12.9. The Morgan fingerprint density at radius 2 is 1.43 bits per heavy atom. The first-order valence-corrected chi connectivity index (χ1v) is 16.0. The molecule has 0 saturated carbocycles. The predicted molar refractivity (Wildman–Crippen MR) is 186 cm³/mol. The number of morpholine rings is 1. The van der Waals surface area contributed by atoms with Crippen LogP contribution in [0.15, 0.2) is 103 Å². The van der Waals surface area contributed by atoms with Crippen molar-refractivity contribution in [3.05, 3.63) is 126 Å². The summed E-state index contributed by atoms with van der Waals surface area (Å²) < 4.78 is 19.3. The lowest BCUT2D eigenvalue weighted by molar-refractivity contribution is 0.122. The number of ether oxygens (including phenoxy) is 3. The van der Waals surface area contributed by atoms with Crippen molar-refractivity contribution in [2.75, 3.05) is 43.2 Å². The minimum atomic E-state index is -0.137. The van der Waals surface area contributed by atoms with Gasteiger partial charge in [-0.3, -0.25) is 4.98 Å². The molecular formula is C37H37N5O3S. The van der Waals surface area contributed by atoms with Gasteiger partial charge in [0.25, 0.3) is 0 Å². The molecule has 7 rings (SSSR count). The van der Waals surface area contributed by atoms with Gasteiger partial charge in [0.15, 0.2) is 5.11 Å². The van der Waals surface area contributed by atoms with Crippen LogP contribution < -0.4 is 24.6 Å². The molecule has 4 heterocycles. The summed E-state index contributed by atoms with van der Waals surface area (Å²) in [6, 6.07) is 32.5. The molecule has 2 atom stereocenters. The van der Waals surface area contributed by atoms with Crippen LogP contribution in [0.3, 0.4) is 0 Å². The zero-order chi connectivity index (χ0) is 31.6. The Hall–Kier alpha value is -4.86. The summed E-state index contributed by atoms with van der Waals surface area (Å²) in [6.07, 6.45) is 1.84. The van der Waals surface area contributed by atoms with Gasteiger partial charge in [0.2, 0.25) is 0 Å². The van der Waals surface area contributed by atoms with Crippen molar-refractivity contribution in [2.24, 2.45) is 0 Å². The van der Waals surface area contributed by atoms with Gasteiger partial charge in [0.05, 0.1) is 38.1 Å². The molecule has 0 aliphatic carbocycles. The molecule has 0 spiro atoms. The molecule has 9 heteroatoms. The molecule has 2 unspecified atom stereocenters. The highest BCUT2D eigenvalue weighted by Crippen LogP contribution is 2.44. The number of pyridine rings is 1. The van der Waals surface area contributed by atoms with Gasteiger partial charge in [0, 0.05) is 47.7 Å². The molecule has 3 aromatic carbocycles. The Balaban J connectivity index is 1.22. The first-order chi connectivity index (χ1) is 22.5. The van der Waals surface area contributed by atoms with Crippen LogP contribution >= 0.6 is 12.2 Å². The topological polar surface area (TPSA) is 64.0 Å². The monoisotopic (exact) mass is 631 g/mol. The Labute approximate surface area is 275 Å². The van der Waals surface area contributed by atoms with Crippen LogP contribution in [0, 0.1) is 13.8 Å². The summed E-state index contributed by atoms with van der Waals surface area (Å²) in [4.78, 5) is 9.33. The quantitative estimate of drug-likeness (QED) is 0.179. The molecule has 2 aliphatic heterocycles. The molecule has 8 nitrogen and oxygen atoms in total. The van der Waals surface area contributed by atoms with Crippen molar-refractivity contribution in [3.8, 4) is 22.9 Å². The third-order valence-corrected chi connectivity index (χ3v) is 9.10. The first-order valence-electron chi connectivity index (χ1n) is 15.5. The number of rotatable bonds is 8. The van der Waals surface area contributed by atoms with E-state index in [9.17, 15) is 0 Å². The molecular weight excluding hydrogens is 595 g/mol. The Morgan fingerprint density at radius 3 is 2.09 bits per heavy atom. The highest BCUT2D eigenvalue weighted by molar-refractivity contribution is 7.80. The fraction of sp³-hybridized carbons (Fsp3) is 0.243. The van der Waals surface area contributed by atoms with Crippen molar-refractivity contribution in [1.82, 2.24) is 14.9 Å². The molecule has 1 N–H and O–H groups in total. The highest BCUT2D eigenvalue weighted by atomic mass is 32.1. The lowest BCUT2D eigenvalue weighted by Gasteiger charge is -2.29. The van der Waals surface area contributed by atoms with Crippen LogP contribution in [-0.4, -0.2) is 48.1 Å². The summed E-state index contributed by atoms with van der Waals surface area (Å²) in [5, 5.41) is 4.26. The predicted octanol–water partition coefficient (Wildman–Crippen LogP) is 7.30. The number of nitrogens with zero attached hydrogens (tertiary/aromatic N) is 4. The maximum Gasteiger partial charge on any atom is 0.174 e. The van der Waals surface area contributed by atoms with Crippen LogP contribution in [0.25, 0.3) is 5.69 Å². The fourth-order valence-electron chi connectivity index (χ4n) is 6.52. The van der Waals surface area contributed by atoms with Gasteiger partial charge in [-0.2, -0.15) is 0 Å². The van der Waals surface area contributed by atoms with Gasteiger partial charge in [-0.15, -0.1) is 0 Å². The number of aryl methyl sites for hydroxylation is 1. The summed E-state index contributed by atoms with van der Waals surface area (Å²) in [5.74, 6) is 2.27. The summed E-state index contributed by atoms with van der Waals surface area (Å²) in [5.41, 5.74) is 7.79. The van der Waals surface area contributed by atoms with E-state index in [1.54, 1.807) is 7.11 Å². The van der Waals surface area contributed by atoms with E-state index in [0.717, 1.165) is 66.3 Å². The molecule has 2 fully saturated rings. The fourth-order valence-corrected chi connectivity index (χ4v) is 6.87. The Kier molecular flexibility index (Phi) is 8.34. The van der Waals surface area contributed by atoms with Crippen LogP contribution in [0.5, 0.6) is 17.2 Å². The maximum absolute atomic E-state index is 6.11. The molecule has 0 amide bonds. The molecule has 2 aliphatic rings. The standard InChI is InChI=1S/C37H37N5O3S/c1-25-24-33(26(2)41(25)28-9-7-27(8-10-28)40-20-22-44-23-21-40)36-35(34-6-4-5-19-38-34)39-37(46)42(36)29-11-13-31(14-12-29)45-32-17-15-30(43-3)16-18-32/h4-19,24,35-36H,20-23H2,1-3H3,(H,39,46). The van der Waals surface area contributed by atoms with Gasteiger partial charge in [0.1, 0.15) is 17.2 Å². The van der Waals surface area contributed by atoms with Crippen LogP contribution in [-0.2, 0) is 4.74 Å². The van der Waals surface area contributed by atoms with E-state index in [4.69, 9.17) is 31.4 Å². The molecule has 0 radical (unpaired) electrons. The van der Waals surface area contributed by atoms with Crippen LogP contribution in [0.4, 0.5) is 11.4 Å². The van der Waals surface area contributed by atoms with Gasteiger partial charge >= 0.3 is 0 Å². The molecule has 2 saturated heterocycles. The largest absolute Gasteiger partial charge is 0.497 e. The SMILES string of the molecule is COc1ccc(Oc2ccc(N3C(=S)NC(c4ccccn4)C3c3cc(C)n(-c4ccc(N5CCOCC5)cc4)c3C)cc2)cc1. The molecule has 2 aromatic heterocycles. The zero-order valence-electron chi connectivity index (χ0n) is 26.2. The average Bonchev–Trinajstić information content (AvgIpc) is 3.60. The van der Waals surface area contributed by atoms with Crippen molar-refractivity contribution >= 4 is 28.7 Å². The van der Waals surface area contributed by atoms with Gasteiger partial charge in [-0.1, -0.05) is 6.07 Å².